The summed E-state index contributed by atoms with van der Waals surface area (Å²) in [6.45, 7) is 0.262. The summed E-state index contributed by atoms with van der Waals surface area (Å²) in [5, 5.41) is 31.2. The number of aliphatic hydroxyl groups is 3. The van der Waals surface area contributed by atoms with Crippen molar-refractivity contribution >= 4 is 34.3 Å². The van der Waals surface area contributed by atoms with E-state index in [1.807, 2.05) is 0 Å². The highest BCUT2D eigenvalue weighted by atomic mass is 32.2. The van der Waals surface area contributed by atoms with E-state index in [1.165, 1.54) is 19.1 Å². The van der Waals surface area contributed by atoms with Gasteiger partial charge < -0.3 is 20.6 Å². The normalized spacial score (nSPS) is 18.7. The Morgan fingerprint density at radius 3 is 2.21 bits per heavy atom. The van der Waals surface area contributed by atoms with Crippen molar-refractivity contribution in [3.8, 4) is 0 Å². The molecule has 2 aromatic rings. The molecule has 16 heteroatoms. The van der Waals surface area contributed by atoms with Crippen LogP contribution in [0.2, 0.25) is 0 Å². The third kappa shape index (κ3) is 6.51. The van der Waals surface area contributed by atoms with E-state index in [4.69, 9.17) is 5.11 Å². The van der Waals surface area contributed by atoms with Gasteiger partial charge in [0.05, 0.1) is 23.2 Å². The van der Waals surface area contributed by atoms with Gasteiger partial charge in [-0.15, -0.1) is 11.8 Å². The summed E-state index contributed by atoms with van der Waals surface area (Å²) in [6.07, 6.45) is -12.6. The summed E-state index contributed by atoms with van der Waals surface area (Å²) < 4.78 is 109. The first-order chi connectivity index (χ1) is 17.9. The zero-order valence-electron chi connectivity index (χ0n) is 20.0. The second-order valence-corrected chi connectivity index (χ2v) is 11.4. The van der Waals surface area contributed by atoms with Crippen LogP contribution < -0.4 is 9.62 Å². The van der Waals surface area contributed by atoms with E-state index in [0.29, 0.717) is 12.1 Å². The average molecular weight is 605 g/mol. The quantitative estimate of drug-likeness (QED) is 0.344. The number of carbonyl (C=O) groups excluding carboxylic acids is 1. The number of amides is 1. The predicted octanol–water partition coefficient (Wildman–Crippen LogP) is 3.39. The van der Waals surface area contributed by atoms with Gasteiger partial charge in [0, 0.05) is 29.2 Å². The van der Waals surface area contributed by atoms with Crippen LogP contribution in [0.1, 0.15) is 18.9 Å². The fourth-order valence-electron chi connectivity index (χ4n) is 3.64. The summed E-state index contributed by atoms with van der Waals surface area (Å²) in [5.74, 6) is -1.43. The molecule has 3 unspecified atom stereocenters. The van der Waals surface area contributed by atoms with Crippen molar-refractivity contribution in [1.82, 2.24) is 5.32 Å². The molecule has 4 N–H and O–H groups in total. The largest absolute Gasteiger partial charge is 0.430 e. The van der Waals surface area contributed by atoms with Crippen LogP contribution in [0.4, 0.5) is 36.4 Å². The molecule has 0 spiro atoms. The number of fused-ring (bicyclic) bond motifs is 1. The highest BCUT2D eigenvalue weighted by molar-refractivity contribution is 7.99. The Morgan fingerprint density at radius 2 is 1.67 bits per heavy atom. The van der Waals surface area contributed by atoms with Crippen molar-refractivity contribution in [3.05, 3.63) is 53.8 Å². The minimum Gasteiger partial charge on any atom is -0.393 e. The third-order valence-corrected chi connectivity index (χ3v) is 8.54. The molecule has 1 aliphatic rings. The maximum absolute atomic E-state index is 13.5. The van der Waals surface area contributed by atoms with Crippen LogP contribution in [0, 0.1) is 5.82 Å². The number of nitrogens with zero attached hydrogens (tertiary/aromatic N) is 1. The van der Waals surface area contributed by atoms with Gasteiger partial charge >= 0.3 is 12.4 Å². The number of aliphatic hydroxyl groups excluding tert-OH is 1. The summed E-state index contributed by atoms with van der Waals surface area (Å²) in [4.78, 5) is 12.4. The predicted molar refractivity (Wildman–Crippen MR) is 128 cm³/mol. The first-order valence-electron chi connectivity index (χ1n) is 11.1. The molecule has 0 aliphatic carbocycles. The van der Waals surface area contributed by atoms with E-state index in [0.717, 1.165) is 34.3 Å². The molecule has 0 aromatic heterocycles. The van der Waals surface area contributed by atoms with Gasteiger partial charge in [0.25, 0.3) is 5.60 Å². The van der Waals surface area contributed by atoms with Gasteiger partial charge in [-0.25, -0.2) is 8.60 Å². The monoisotopic (exact) mass is 604 g/mol. The van der Waals surface area contributed by atoms with E-state index in [9.17, 15) is 49.9 Å². The van der Waals surface area contributed by atoms with Crippen LogP contribution in [0.15, 0.2) is 52.3 Å². The number of anilines is 1. The van der Waals surface area contributed by atoms with Crippen LogP contribution in [-0.4, -0.2) is 68.3 Å². The van der Waals surface area contributed by atoms with Gasteiger partial charge in [0.1, 0.15) is 11.4 Å². The van der Waals surface area contributed by atoms with Crippen molar-refractivity contribution < 1.29 is 55.1 Å². The van der Waals surface area contributed by atoms with Gasteiger partial charge in [-0.2, -0.15) is 26.3 Å². The van der Waals surface area contributed by atoms with Crippen LogP contribution >= 0.6 is 11.8 Å². The van der Waals surface area contributed by atoms with Crippen molar-refractivity contribution in [3.63, 3.8) is 0 Å². The van der Waals surface area contributed by atoms with E-state index < -0.39 is 64.5 Å². The van der Waals surface area contributed by atoms with Crippen molar-refractivity contribution in [1.29, 1.82) is 0 Å². The van der Waals surface area contributed by atoms with Crippen LogP contribution in [0.3, 0.4) is 0 Å². The SMILES string of the molecule is CC(O)(CO)CNC(=O)CC1CSc2cc(C(O)(C(F)(F)F)C(F)(F)F)ccc2N1S(=O)c1ccc(F)cc1. The molecule has 7 nitrogen and oxygen atoms in total. The summed E-state index contributed by atoms with van der Waals surface area (Å²) in [5.41, 5.74) is -8.38. The van der Waals surface area contributed by atoms with E-state index in [1.54, 1.807) is 0 Å². The molecule has 3 atom stereocenters. The van der Waals surface area contributed by atoms with Gasteiger partial charge in [-0.3, -0.25) is 9.10 Å². The number of thioether (sulfide) groups is 1. The second-order valence-electron chi connectivity index (χ2n) is 9.02. The first-order valence-corrected chi connectivity index (χ1v) is 13.2. The van der Waals surface area contributed by atoms with Crippen molar-refractivity contribution in [2.24, 2.45) is 0 Å². The zero-order valence-corrected chi connectivity index (χ0v) is 21.6. The minimum absolute atomic E-state index is 0.0361. The molecule has 0 bridgehead atoms. The number of benzene rings is 2. The molecule has 0 fully saturated rings. The van der Waals surface area contributed by atoms with Gasteiger partial charge in [-0.1, -0.05) is 6.07 Å². The number of carbonyl (C=O) groups is 1. The summed E-state index contributed by atoms with van der Waals surface area (Å²) >= 11 is 0.786. The molecule has 1 aliphatic heterocycles. The lowest BCUT2D eigenvalue weighted by molar-refractivity contribution is -0.376. The van der Waals surface area contributed by atoms with E-state index in [-0.39, 0.29) is 34.2 Å². The molecule has 2 aromatic carbocycles. The molecule has 216 valence electrons. The second kappa shape index (κ2) is 11.2. The smallest absolute Gasteiger partial charge is 0.393 e. The molecule has 3 rings (SSSR count). The molecule has 1 amide bonds. The number of nitrogens with one attached hydrogen (secondary N) is 1. The standard InChI is InChI=1S/C23H23F7N2O5S2/c1-20(35,12-33)11-31-19(34)9-15-10-38-18-8-13(21(36,22(25,26)27)23(28,29)30)2-7-17(18)32(15)39(37)16-5-3-14(24)4-6-16/h2-8,15,33,35-36H,9-12H2,1H3,(H,31,34). The average Bonchev–Trinajstić information content (AvgIpc) is 2.85. The first kappa shape index (κ1) is 31.1. The summed E-state index contributed by atoms with van der Waals surface area (Å²) in [7, 11) is -2.19. The number of halogens is 7. The fourth-order valence-corrected chi connectivity index (χ4v) is 6.31. The van der Waals surface area contributed by atoms with Gasteiger partial charge in [0.15, 0.2) is 11.0 Å². The Bertz CT molecular complexity index is 1210. The molecular formula is C23H23F7N2O5S2. The molecule has 0 saturated carbocycles. The minimum atomic E-state index is -6.11. The van der Waals surface area contributed by atoms with Crippen LogP contribution in [0.25, 0.3) is 0 Å². The van der Waals surface area contributed by atoms with Crippen molar-refractivity contribution in [2.75, 3.05) is 23.2 Å². The van der Waals surface area contributed by atoms with E-state index >= 15 is 0 Å². The molecule has 1 heterocycles. The van der Waals surface area contributed by atoms with E-state index in [2.05, 4.69) is 5.32 Å². The summed E-state index contributed by atoms with van der Waals surface area (Å²) in [6, 6.07) is 5.18. The molecular weight excluding hydrogens is 581 g/mol. The Kier molecular flexibility index (Phi) is 8.97. The number of alkyl halides is 6. The third-order valence-electron chi connectivity index (χ3n) is 5.82. The van der Waals surface area contributed by atoms with Crippen LogP contribution in [-0.2, 0) is 21.4 Å². The van der Waals surface area contributed by atoms with Crippen LogP contribution in [0.5, 0.6) is 0 Å². The molecule has 39 heavy (non-hydrogen) atoms. The number of hydrogen-bond donors (Lipinski definition) is 4. The fraction of sp³-hybridized carbons (Fsp3) is 0.435. The van der Waals surface area contributed by atoms with Crippen molar-refractivity contribution in [2.45, 2.75) is 52.7 Å². The Morgan fingerprint density at radius 1 is 1.08 bits per heavy atom. The topological polar surface area (TPSA) is 110 Å². The lowest BCUT2D eigenvalue weighted by Crippen LogP contribution is -2.54. The zero-order chi connectivity index (χ0) is 29.4. The highest BCUT2D eigenvalue weighted by Crippen LogP contribution is 2.52. The molecule has 0 radical (unpaired) electrons. The maximum Gasteiger partial charge on any atom is 0.430 e. The Labute approximate surface area is 224 Å². The maximum atomic E-state index is 13.5. The Balaban J connectivity index is 2.03. The van der Waals surface area contributed by atoms with Gasteiger partial charge in [0.2, 0.25) is 5.91 Å². The highest BCUT2D eigenvalue weighted by Gasteiger charge is 2.71. The number of rotatable bonds is 8. The number of hydrogen-bond acceptors (Lipinski definition) is 6. The van der Waals surface area contributed by atoms with Gasteiger partial charge in [-0.05, 0) is 43.3 Å². The Hall–Kier alpha value is -2.40. The molecule has 0 saturated heterocycles. The lowest BCUT2D eigenvalue weighted by atomic mass is 9.92. The lowest BCUT2D eigenvalue weighted by Gasteiger charge is -2.38.